The fraction of sp³-hybridized carbons (Fsp3) is 1.00. The van der Waals surface area contributed by atoms with E-state index in [1.165, 1.54) is 38.5 Å². The average molecular weight is 298 g/mol. The highest BCUT2D eigenvalue weighted by atomic mass is 127. The lowest BCUT2D eigenvalue weighted by molar-refractivity contribution is 0.751. The zero-order chi connectivity index (χ0) is 9.23. The summed E-state index contributed by atoms with van der Waals surface area (Å²) in [6.45, 7) is 4.58. The summed E-state index contributed by atoms with van der Waals surface area (Å²) in [5, 5.41) is 0. The van der Waals surface area contributed by atoms with Gasteiger partial charge in [-0.15, -0.1) is 21.8 Å². The quantitative estimate of drug-likeness (QED) is 0.267. The molecule has 0 aliphatic heterocycles. The summed E-state index contributed by atoms with van der Waals surface area (Å²) in [7, 11) is 0. The molecule has 0 unspecified atom stereocenters. The van der Waals surface area contributed by atoms with Gasteiger partial charge in [0.1, 0.15) is 6.29 Å². The van der Waals surface area contributed by atoms with Gasteiger partial charge in [0.25, 0.3) is 0 Å². The zero-order valence-electron chi connectivity index (χ0n) is 8.61. The molecular formula is C10H23ISi. The molecule has 0 heterocycles. The molecule has 12 heavy (non-hydrogen) atoms. The maximum atomic E-state index is 2.76. The first-order chi connectivity index (χ1) is 5.81. The third-order valence-corrected chi connectivity index (χ3v) is 8.05. The Hall–Kier alpha value is 0.947. The number of hydrogen-bond acceptors (Lipinski definition) is 0. The third kappa shape index (κ3) is 9.04. The van der Waals surface area contributed by atoms with Gasteiger partial charge in [-0.1, -0.05) is 64.5 Å². The molecule has 0 N–H and O–H groups in total. The van der Waals surface area contributed by atoms with Gasteiger partial charge in [-0.3, -0.25) is 0 Å². The molecule has 0 saturated carbocycles. The first-order valence-corrected chi connectivity index (χ1v) is 11.3. The molecule has 74 valence electrons. The maximum Gasteiger partial charge on any atom is 0.110 e. The van der Waals surface area contributed by atoms with Crippen LogP contribution in [-0.2, 0) is 0 Å². The summed E-state index contributed by atoms with van der Waals surface area (Å²) >= 11 is 2.76. The van der Waals surface area contributed by atoms with Gasteiger partial charge in [0.15, 0.2) is 0 Å². The third-order valence-electron chi connectivity index (χ3n) is 2.24. The van der Waals surface area contributed by atoms with Crippen LogP contribution in [-0.4, -0.2) is 6.29 Å². The monoisotopic (exact) mass is 298 g/mol. The SMILES string of the molecule is CCCCC[SiH](I)CCCCC. The number of hydrogen-bond donors (Lipinski definition) is 0. The summed E-state index contributed by atoms with van der Waals surface area (Å²) in [6.07, 6.45) is 8.39. The largest absolute Gasteiger partial charge is 0.123 e. The van der Waals surface area contributed by atoms with E-state index in [2.05, 4.69) is 35.6 Å². The van der Waals surface area contributed by atoms with E-state index in [9.17, 15) is 0 Å². The van der Waals surface area contributed by atoms with E-state index >= 15 is 0 Å². The summed E-state index contributed by atoms with van der Waals surface area (Å²) < 4.78 is 0. The molecule has 2 heteroatoms. The highest BCUT2D eigenvalue weighted by Gasteiger charge is 2.04. The normalized spacial score (nSPS) is 11.0. The Labute approximate surface area is 92.3 Å². The summed E-state index contributed by atoms with van der Waals surface area (Å²) in [4.78, 5) is 0. The van der Waals surface area contributed by atoms with Gasteiger partial charge in [0.2, 0.25) is 0 Å². The Kier molecular flexibility index (Phi) is 10.8. The van der Waals surface area contributed by atoms with E-state index in [4.69, 9.17) is 0 Å². The lowest BCUT2D eigenvalue weighted by Crippen LogP contribution is -2.01. The molecule has 0 radical (unpaired) electrons. The molecule has 0 aliphatic rings. The van der Waals surface area contributed by atoms with Crippen LogP contribution >= 0.6 is 21.8 Å². The van der Waals surface area contributed by atoms with Gasteiger partial charge in [0, 0.05) is 0 Å². The van der Waals surface area contributed by atoms with Gasteiger partial charge >= 0.3 is 0 Å². The smallest absolute Gasteiger partial charge is 0.110 e. The predicted octanol–water partition coefficient (Wildman–Crippen LogP) is 4.53. The maximum absolute atomic E-state index is 2.76. The van der Waals surface area contributed by atoms with Crippen LogP contribution in [0, 0.1) is 0 Å². The molecular weight excluding hydrogens is 275 g/mol. The van der Waals surface area contributed by atoms with E-state index in [1.54, 1.807) is 12.1 Å². The first kappa shape index (κ1) is 12.9. The van der Waals surface area contributed by atoms with Crippen molar-refractivity contribution >= 4 is 28.1 Å². The molecule has 0 rings (SSSR count). The van der Waals surface area contributed by atoms with E-state index in [0.29, 0.717) is 0 Å². The van der Waals surface area contributed by atoms with Gasteiger partial charge in [0.05, 0.1) is 0 Å². The van der Waals surface area contributed by atoms with Crippen LogP contribution in [0.2, 0.25) is 12.1 Å². The average Bonchev–Trinajstić information content (AvgIpc) is 2.06. The van der Waals surface area contributed by atoms with Crippen molar-refractivity contribution in [2.45, 2.75) is 64.5 Å². The molecule has 0 nitrogen and oxygen atoms in total. The van der Waals surface area contributed by atoms with Crippen molar-refractivity contribution in [1.29, 1.82) is 0 Å². The van der Waals surface area contributed by atoms with Gasteiger partial charge < -0.3 is 0 Å². The molecule has 0 aliphatic carbocycles. The molecule has 0 saturated heterocycles. The Morgan fingerprint density at radius 3 is 1.58 bits per heavy atom. The van der Waals surface area contributed by atoms with Crippen molar-refractivity contribution < 1.29 is 0 Å². The van der Waals surface area contributed by atoms with Crippen LogP contribution in [0.25, 0.3) is 0 Å². The van der Waals surface area contributed by atoms with Crippen molar-refractivity contribution in [3.63, 3.8) is 0 Å². The van der Waals surface area contributed by atoms with Crippen molar-refractivity contribution in [3.05, 3.63) is 0 Å². The number of halogens is 1. The van der Waals surface area contributed by atoms with E-state index in [1.807, 2.05) is 0 Å². The van der Waals surface area contributed by atoms with Crippen molar-refractivity contribution in [1.82, 2.24) is 0 Å². The van der Waals surface area contributed by atoms with Crippen LogP contribution in [0.4, 0.5) is 0 Å². The standard InChI is InChI=1S/C10H23ISi/c1-3-5-7-9-12(11)10-8-6-4-2/h12H,3-10H2,1-2H3. The topological polar surface area (TPSA) is 0 Å². The predicted molar refractivity (Wildman–Crippen MR) is 69.8 cm³/mol. The van der Waals surface area contributed by atoms with E-state index in [-0.39, 0.29) is 6.29 Å². The molecule has 0 atom stereocenters. The Bertz CT molecular complexity index is 75.9. The minimum absolute atomic E-state index is 0.295. The number of rotatable bonds is 8. The van der Waals surface area contributed by atoms with Gasteiger partial charge in [-0.05, 0) is 0 Å². The minimum Gasteiger partial charge on any atom is -0.123 e. The fourth-order valence-electron chi connectivity index (χ4n) is 1.38. The second-order valence-electron chi connectivity index (χ2n) is 3.59. The van der Waals surface area contributed by atoms with Crippen LogP contribution in [0.3, 0.4) is 0 Å². The molecule has 0 amide bonds. The van der Waals surface area contributed by atoms with Crippen LogP contribution in [0.15, 0.2) is 0 Å². The van der Waals surface area contributed by atoms with Crippen molar-refractivity contribution in [3.8, 4) is 0 Å². The Morgan fingerprint density at radius 2 is 1.25 bits per heavy atom. The van der Waals surface area contributed by atoms with Crippen molar-refractivity contribution in [2.75, 3.05) is 0 Å². The summed E-state index contributed by atoms with van der Waals surface area (Å²) in [6, 6.07) is 3.16. The second-order valence-corrected chi connectivity index (χ2v) is 11.2. The Balaban J connectivity index is 3.04. The molecule has 0 aromatic heterocycles. The van der Waals surface area contributed by atoms with E-state index < -0.39 is 0 Å². The molecule has 0 bridgehead atoms. The lowest BCUT2D eigenvalue weighted by Gasteiger charge is -2.06. The highest BCUT2D eigenvalue weighted by molar-refractivity contribution is 14.1. The summed E-state index contributed by atoms with van der Waals surface area (Å²) in [5.74, 6) is 0. The van der Waals surface area contributed by atoms with E-state index in [0.717, 1.165) is 0 Å². The molecule has 0 aromatic rings. The van der Waals surface area contributed by atoms with Crippen LogP contribution in [0.1, 0.15) is 52.4 Å². The van der Waals surface area contributed by atoms with Gasteiger partial charge in [-0.2, -0.15) is 0 Å². The molecule has 0 spiro atoms. The highest BCUT2D eigenvalue weighted by Crippen LogP contribution is 2.16. The summed E-state index contributed by atoms with van der Waals surface area (Å²) in [5.41, 5.74) is 0. The van der Waals surface area contributed by atoms with Crippen molar-refractivity contribution in [2.24, 2.45) is 0 Å². The first-order valence-electron chi connectivity index (χ1n) is 5.45. The zero-order valence-corrected chi connectivity index (χ0v) is 11.9. The second kappa shape index (κ2) is 10.0. The molecule has 0 aromatic carbocycles. The van der Waals surface area contributed by atoms with Gasteiger partial charge in [-0.25, -0.2) is 0 Å². The fourth-order valence-corrected chi connectivity index (χ4v) is 5.77. The number of unbranched alkanes of at least 4 members (excludes halogenated alkanes) is 4. The Morgan fingerprint density at radius 1 is 0.833 bits per heavy atom. The minimum atomic E-state index is -0.295. The van der Waals surface area contributed by atoms with Crippen LogP contribution in [0.5, 0.6) is 0 Å². The molecule has 0 fully saturated rings. The van der Waals surface area contributed by atoms with Crippen LogP contribution < -0.4 is 0 Å². The lowest BCUT2D eigenvalue weighted by atomic mass is 10.3.